The van der Waals surface area contributed by atoms with Crippen LogP contribution >= 0.6 is 0 Å². The van der Waals surface area contributed by atoms with Crippen LogP contribution in [0.2, 0.25) is 0 Å². The van der Waals surface area contributed by atoms with Gasteiger partial charge in [0.2, 0.25) is 5.78 Å². The Morgan fingerprint density at radius 1 is 1.36 bits per heavy atom. The Morgan fingerprint density at radius 3 is 2.95 bits per heavy atom. The number of nitrogens with zero attached hydrogens (tertiary/aromatic N) is 3. The van der Waals surface area contributed by atoms with Crippen molar-refractivity contribution in [2.24, 2.45) is 0 Å². The molecule has 0 saturated carbocycles. The van der Waals surface area contributed by atoms with Gasteiger partial charge in [0.25, 0.3) is 5.56 Å². The van der Waals surface area contributed by atoms with Crippen molar-refractivity contribution in [3.63, 3.8) is 0 Å². The van der Waals surface area contributed by atoms with E-state index >= 15 is 0 Å². The molecule has 1 aromatic carbocycles. The average Bonchev–Trinajstić information content (AvgIpc) is 2.54. The summed E-state index contributed by atoms with van der Waals surface area (Å²) in [6, 6.07) is 4.93. The van der Waals surface area contributed by atoms with Crippen LogP contribution in [0.25, 0.3) is 10.9 Å². The van der Waals surface area contributed by atoms with E-state index in [0.29, 0.717) is 30.2 Å². The summed E-state index contributed by atoms with van der Waals surface area (Å²) in [5.41, 5.74) is 1.28. The lowest BCUT2D eigenvalue weighted by atomic mass is 10.0. The van der Waals surface area contributed by atoms with E-state index in [9.17, 15) is 14.4 Å². The number of Topliss-reactive ketones (excluding diaryl/α,β-unsaturated/α-hetero) is 1. The molecule has 0 spiro atoms. The number of fused-ring (bicyclic) bond motifs is 1. The molecular weight excluding hydrogens is 282 g/mol. The van der Waals surface area contributed by atoms with Gasteiger partial charge in [-0.15, -0.1) is 0 Å². The summed E-state index contributed by atoms with van der Waals surface area (Å²) in [5, 5.41) is 2.22. The summed E-state index contributed by atoms with van der Waals surface area (Å²) < 4.78 is 1.39. The number of aromatic nitrogens is 2. The summed E-state index contributed by atoms with van der Waals surface area (Å²) in [7, 11) is 0. The second kappa shape index (κ2) is 5.71. The molecule has 2 aromatic rings. The Morgan fingerprint density at radius 2 is 2.18 bits per heavy atom. The molecule has 1 aliphatic heterocycles. The van der Waals surface area contributed by atoms with E-state index in [1.807, 2.05) is 19.1 Å². The first-order valence-electron chi connectivity index (χ1n) is 7.36. The van der Waals surface area contributed by atoms with Crippen LogP contribution in [0.4, 0.5) is 0 Å². The third-order valence-electron chi connectivity index (χ3n) is 4.17. The Bertz CT molecular complexity index is 797. The van der Waals surface area contributed by atoms with E-state index < -0.39 is 11.8 Å². The molecule has 22 heavy (non-hydrogen) atoms. The van der Waals surface area contributed by atoms with Gasteiger partial charge in [-0.3, -0.25) is 19.4 Å². The van der Waals surface area contributed by atoms with Gasteiger partial charge < -0.3 is 0 Å². The van der Waals surface area contributed by atoms with Crippen molar-refractivity contribution in [2.75, 3.05) is 11.6 Å². The highest BCUT2D eigenvalue weighted by molar-refractivity contribution is 6.28. The topological polar surface area (TPSA) is 72.3 Å². The van der Waals surface area contributed by atoms with Crippen LogP contribution in [-0.2, 0) is 9.59 Å². The molecule has 1 aromatic heterocycles. The molecule has 0 amide bonds. The smallest absolute Gasteiger partial charge is 0.280 e. The fourth-order valence-corrected chi connectivity index (χ4v) is 3.05. The number of piperidine rings is 1. The SMILES string of the molecule is Cc1cccc2ncn(N3CCCCC3C(=O)C=O)c(=O)c12. The van der Waals surface area contributed by atoms with Crippen LogP contribution in [0.15, 0.2) is 29.3 Å². The lowest BCUT2D eigenvalue weighted by Crippen LogP contribution is -2.55. The van der Waals surface area contributed by atoms with E-state index in [0.717, 1.165) is 18.4 Å². The van der Waals surface area contributed by atoms with Crippen LogP contribution in [0.1, 0.15) is 24.8 Å². The van der Waals surface area contributed by atoms with Gasteiger partial charge in [-0.25, -0.2) is 9.66 Å². The number of ketones is 1. The van der Waals surface area contributed by atoms with Crippen molar-refractivity contribution in [2.45, 2.75) is 32.2 Å². The molecule has 0 N–H and O–H groups in total. The molecule has 1 unspecified atom stereocenters. The molecule has 0 radical (unpaired) electrons. The number of aldehydes is 1. The van der Waals surface area contributed by atoms with Gasteiger partial charge in [-0.2, -0.15) is 0 Å². The Labute approximate surface area is 127 Å². The van der Waals surface area contributed by atoms with Crippen molar-refractivity contribution < 1.29 is 9.59 Å². The summed E-state index contributed by atoms with van der Waals surface area (Å²) in [5.74, 6) is -0.489. The molecule has 2 heterocycles. The van der Waals surface area contributed by atoms with Crippen LogP contribution in [0.3, 0.4) is 0 Å². The van der Waals surface area contributed by atoms with E-state index in [1.165, 1.54) is 11.0 Å². The lowest BCUT2D eigenvalue weighted by molar-refractivity contribution is -0.131. The molecule has 1 saturated heterocycles. The van der Waals surface area contributed by atoms with Crippen LogP contribution in [0, 0.1) is 6.92 Å². The van der Waals surface area contributed by atoms with Gasteiger partial charge in [0.15, 0.2) is 6.29 Å². The fourth-order valence-electron chi connectivity index (χ4n) is 3.05. The monoisotopic (exact) mass is 299 g/mol. The number of benzene rings is 1. The van der Waals surface area contributed by atoms with Gasteiger partial charge in [0, 0.05) is 6.54 Å². The van der Waals surface area contributed by atoms with Crippen molar-refractivity contribution in [1.29, 1.82) is 0 Å². The summed E-state index contributed by atoms with van der Waals surface area (Å²) in [4.78, 5) is 39.8. The molecule has 0 aliphatic carbocycles. The van der Waals surface area contributed by atoms with Crippen molar-refractivity contribution in [3.8, 4) is 0 Å². The zero-order valence-electron chi connectivity index (χ0n) is 12.4. The van der Waals surface area contributed by atoms with Crippen LogP contribution in [0.5, 0.6) is 0 Å². The molecule has 0 bridgehead atoms. The van der Waals surface area contributed by atoms with Gasteiger partial charge in [-0.1, -0.05) is 12.1 Å². The zero-order valence-corrected chi connectivity index (χ0v) is 12.4. The van der Waals surface area contributed by atoms with E-state index in [1.54, 1.807) is 11.1 Å². The minimum Gasteiger partial charge on any atom is -0.298 e. The highest BCUT2D eigenvalue weighted by atomic mass is 16.2. The standard InChI is InChI=1S/C16H17N3O3/c1-11-5-4-6-12-15(11)16(22)19(10-17-12)18-8-3-2-7-13(18)14(21)9-20/h4-6,9-10,13H,2-3,7-8H2,1H3. The summed E-state index contributed by atoms with van der Waals surface area (Å²) >= 11 is 0. The molecule has 6 nitrogen and oxygen atoms in total. The number of rotatable bonds is 3. The Hall–Kier alpha value is -2.50. The van der Waals surface area contributed by atoms with Gasteiger partial charge >= 0.3 is 0 Å². The fraction of sp³-hybridized carbons (Fsp3) is 0.375. The quantitative estimate of drug-likeness (QED) is 0.623. The second-order valence-electron chi connectivity index (χ2n) is 5.56. The maximum atomic E-state index is 12.8. The van der Waals surface area contributed by atoms with Crippen molar-refractivity contribution in [3.05, 3.63) is 40.4 Å². The third-order valence-corrected chi connectivity index (χ3v) is 4.17. The number of carbonyl (C=O) groups is 2. The van der Waals surface area contributed by atoms with E-state index in [4.69, 9.17) is 0 Å². The summed E-state index contributed by atoms with van der Waals surface area (Å²) in [6.07, 6.45) is 4.11. The molecule has 1 atom stereocenters. The minimum absolute atomic E-state index is 0.200. The molecule has 6 heteroatoms. The normalized spacial score (nSPS) is 18.4. The largest absolute Gasteiger partial charge is 0.298 e. The highest BCUT2D eigenvalue weighted by Gasteiger charge is 2.29. The molecule has 1 aliphatic rings. The first kappa shape index (κ1) is 14.4. The number of hydrogen-bond donors (Lipinski definition) is 0. The summed E-state index contributed by atoms with van der Waals surface area (Å²) in [6.45, 7) is 2.42. The molecule has 1 fully saturated rings. The minimum atomic E-state index is -0.577. The number of aryl methyl sites for hydroxylation is 1. The maximum Gasteiger partial charge on any atom is 0.280 e. The van der Waals surface area contributed by atoms with Crippen LogP contribution in [-0.4, -0.2) is 34.3 Å². The van der Waals surface area contributed by atoms with E-state index in [-0.39, 0.29) is 5.56 Å². The van der Waals surface area contributed by atoms with Gasteiger partial charge in [0.1, 0.15) is 12.4 Å². The predicted molar refractivity (Wildman–Crippen MR) is 82.5 cm³/mol. The molecule has 3 rings (SSSR count). The Balaban J connectivity index is 2.14. The zero-order chi connectivity index (χ0) is 15.7. The van der Waals surface area contributed by atoms with Gasteiger partial charge in [-0.05, 0) is 37.8 Å². The van der Waals surface area contributed by atoms with Crippen molar-refractivity contribution >= 4 is 23.0 Å². The number of hydrogen-bond acceptors (Lipinski definition) is 5. The van der Waals surface area contributed by atoms with Crippen molar-refractivity contribution in [1.82, 2.24) is 9.66 Å². The molecule has 114 valence electrons. The second-order valence-corrected chi connectivity index (χ2v) is 5.56. The van der Waals surface area contributed by atoms with Gasteiger partial charge in [0.05, 0.1) is 10.9 Å². The third kappa shape index (κ3) is 2.30. The number of carbonyl (C=O) groups excluding carboxylic acids is 2. The average molecular weight is 299 g/mol. The van der Waals surface area contributed by atoms with Crippen LogP contribution < -0.4 is 10.6 Å². The van der Waals surface area contributed by atoms with E-state index in [2.05, 4.69) is 4.98 Å². The first-order valence-corrected chi connectivity index (χ1v) is 7.36. The maximum absolute atomic E-state index is 12.8. The molecular formula is C16H17N3O3. The predicted octanol–water partition coefficient (Wildman–Crippen LogP) is 0.963. The highest BCUT2D eigenvalue weighted by Crippen LogP contribution is 2.17. The Kier molecular flexibility index (Phi) is 3.75. The first-order chi connectivity index (χ1) is 10.6. The lowest BCUT2D eigenvalue weighted by Gasteiger charge is -2.35.